The third-order valence-electron chi connectivity index (χ3n) is 3.23. The maximum absolute atomic E-state index is 14.0. The number of benzene rings is 1. The largest absolute Gasteiger partial charge is 0.495 e. The Morgan fingerprint density at radius 3 is 2.94 bits per heavy atom. The van der Waals surface area contributed by atoms with Gasteiger partial charge in [0.2, 0.25) is 0 Å². The van der Waals surface area contributed by atoms with Crippen LogP contribution in [0, 0.1) is 5.82 Å². The summed E-state index contributed by atoms with van der Waals surface area (Å²) in [6.45, 7) is 1.05. The lowest BCUT2D eigenvalue weighted by Crippen LogP contribution is -2.35. The van der Waals surface area contributed by atoms with Crippen molar-refractivity contribution in [1.82, 2.24) is 5.32 Å². The standard InChI is InChI=1S/C13H17BrFNO/c1-17-11-6-5-9(13(15)12(11)14)8-10-4-2-3-7-16-10/h5-6,10,16H,2-4,7-8H2,1H3. The van der Waals surface area contributed by atoms with Gasteiger partial charge in [-0.2, -0.15) is 0 Å². The summed E-state index contributed by atoms with van der Waals surface area (Å²) in [7, 11) is 1.54. The highest BCUT2D eigenvalue weighted by Gasteiger charge is 2.17. The molecule has 1 N–H and O–H groups in total. The summed E-state index contributed by atoms with van der Waals surface area (Å²) >= 11 is 3.24. The number of methoxy groups -OCH3 is 1. The SMILES string of the molecule is COc1ccc(CC2CCCCN2)c(F)c1Br. The fourth-order valence-electron chi connectivity index (χ4n) is 2.25. The van der Waals surface area contributed by atoms with Gasteiger partial charge < -0.3 is 10.1 Å². The van der Waals surface area contributed by atoms with E-state index < -0.39 is 0 Å². The second-order valence-corrected chi connectivity index (χ2v) is 5.20. The van der Waals surface area contributed by atoms with Crippen LogP contribution in [0.2, 0.25) is 0 Å². The van der Waals surface area contributed by atoms with E-state index in [-0.39, 0.29) is 5.82 Å². The van der Waals surface area contributed by atoms with Crippen LogP contribution in [0.3, 0.4) is 0 Å². The average Bonchev–Trinajstić information content (AvgIpc) is 2.37. The zero-order chi connectivity index (χ0) is 12.3. The highest BCUT2D eigenvalue weighted by Crippen LogP contribution is 2.30. The van der Waals surface area contributed by atoms with Gasteiger partial charge in [0.25, 0.3) is 0 Å². The number of rotatable bonds is 3. The van der Waals surface area contributed by atoms with Crippen LogP contribution in [0.5, 0.6) is 5.75 Å². The molecule has 0 spiro atoms. The molecule has 1 fully saturated rings. The van der Waals surface area contributed by atoms with Crippen molar-refractivity contribution in [2.45, 2.75) is 31.7 Å². The number of halogens is 2. The van der Waals surface area contributed by atoms with Crippen molar-refractivity contribution in [3.63, 3.8) is 0 Å². The summed E-state index contributed by atoms with van der Waals surface area (Å²) in [5.41, 5.74) is 0.747. The lowest BCUT2D eigenvalue weighted by Gasteiger charge is -2.23. The van der Waals surface area contributed by atoms with Crippen LogP contribution in [-0.2, 0) is 6.42 Å². The Bertz CT molecular complexity index is 391. The highest BCUT2D eigenvalue weighted by molar-refractivity contribution is 9.10. The molecule has 4 heteroatoms. The molecule has 2 rings (SSSR count). The molecule has 1 aliphatic heterocycles. The zero-order valence-electron chi connectivity index (χ0n) is 9.93. The van der Waals surface area contributed by atoms with Crippen molar-refractivity contribution >= 4 is 15.9 Å². The number of hydrogen-bond acceptors (Lipinski definition) is 2. The van der Waals surface area contributed by atoms with E-state index in [0.717, 1.165) is 24.9 Å². The molecule has 0 radical (unpaired) electrons. The Kier molecular flexibility index (Phi) is 4.40. The molecule has 1 saturated heterocycles. The maximum atomic E-state index is 14.0. The summed E-state index contributed by atoms with van der Waals surface area (Å²) in [6, 6.07) is 4.03. The molecule has 1 unspecified atom stereocenters. The first-order valence-electron chi connectivity index (χ1n) is 5.96. The minimum Gasteiger partial charge on any atom is -0.495 e. The zero-order valence-corrected chi connectivity index (χ0v) is 11.5. The molecular formula is C13H17BrFNO. The monoisotopic (exact) mass is 301 g/mol. The molecule has 0 saturated carbocycles. The number of ether oxygens (including phenoxy) is 1. The van der Waals surface area contributed by atoms with Gasteiger partial charge in [-0.25, -0.2) is 4.39 Å². The molecule has 94 valence electrons. The predicted molar refractivity (Wildman–Crippen MR) is 70.0 cm³/mol. The topological polar surface area (TPSA) is 21.3 Å². The molecule has 0 aromatic heterocycles. The molecule has 0 amide bonds. The van der Waals surface area contributed by atoms with Crippen LogP contribution >= 0.6 is 15.9 Å². The molecular weight excluding hydrogens is 285 g/mol. The van der Waals surface area contributed by atoms with Gasteiger partial charge >= 0.3 is 0 Å². The Labute approximate surface area is 110 Å². The van der Waals surface area contributed by atoms with Crippen molar-refractivity contribution < 1.29 is 9.13 Å². The van der Waals surface area contributed by atoms with Crippen LogP contribution in [0.1, 0.15) is 24.8 Å². The van der Waals surface area contributed by atoms with Crippen LogP contribution in [0.4, 0.5) is 4.39 Å². The smallest absolute Gasteiger partial charge is 0.144 e. The first kappa shape index (κ1) is 12.8. The second-order valence-electron chi connectivity index (χ2n) is 4.41. The summed E-state index contributed by atoms with van der Waals surface area (Å²) in [5.74, 6) is 0.347. The van der Waals surface area contributed by atoms with Crippen molar-refractivity contribution in [3.8, 4) is 5.75 Å². The van der Waals surface area contributed by atoms with Gasteiger partial charge in [-0.1, -0.05) is 12.5 Å². The Morgan fingerprint density at radius 2 is 2.29 bits per heavy atom. The second kappa shape index (κ2) is 5.83. The van der Waals surface area contributed by atoms with E-state index >= 15 is 0 Å². The predicted octanol–water partition coefficient (Wildman–Crippen LogP) is 3.28. The Morgan fingerprint density at radius 1 is 1.47 bits per heavy atom. The minimum absolute atomic E-state index is 0.197. The molecule has 1 atom stereocenters. The van der Waals surface area contributed by atoms with Gasteiger partial charge in [-0.15, -0.1) is 0 Å². The van der Waals surface area contributed by atoms with E-state index in [9.17, 15) is 4.39 Å². The van der Waals surface area contributed by atoms with Gasteiger partial charge in [0.05, 0.1) is 11.6 Å². The van der Waals surface area contributed by atoms with Crippen molar-refractivity contribution in [3.05, 3.63) is 28.0 Å². The first-order valence-corrected chi connectivity index (χ1v) is 6.76. The molecule has 1 aromatic rings. The van der Waals surface area contributed by atoms with E-state index in [1.807, 2.05) is 12.1 Å². The van der Waals surface area contributed by atoms with Crippen molar-refractivity contribution in [1.29, 1.82) is 0 Å². The van der Waals surface area contributed by atoms with Crippen LogP contribution in [0.15, 0.2) is 16.6 Å². The fraction of sp³-hybridized carbons (Fsp3) is 0.538. The lowest BCUT2D eigenvalue weighted by atomic mass is 9.97. The van der Waals surface area contributed by atoms with Gasteiger partial charge in [0, 0.05) is 6.04 Å². The van der Waals surface area contributed by atoms with Crippen molar-refractivity contribution in [2.75, 3.05) is 13.7 Å². The van der Waals surface area contributed by atoms with E-state index in [4.69, 9.17) is 4.74 Å². The molecule has 2 nitrogen and oxygen atoms in total. The minimum atomic E-state index is -0.197. The van der Waals surface area contributed by atoms with Crippen molar-refractivity contribution in [2.24, 2.45) is 0 Å². The maximum Gasteiger partial charge on any atom is 0.144 e. The molecule has 0 aliphatic carbocycles. The van der Waals surface area contributed by atoms with Gasteiger partial charge in [-0.3, -0.25) is 0 Å². The quantitative estimate of drug-likeness (QED) is 0.925. The third-order valence-corrected chi connectivity index (χ3v) is 3.96. The number of hydrogen-bond donors (Lipinski definition) is 1. The van der Waals surface area contributed by atoms with E-state index in [1.165, 1.54) is 12.8 Å². The highest BCUT2D eigenvalue weighted by atomic mass is 79.9. The molecule has 1 aliphatic rings. The van der Waals surface area contributed by atoms with E-state index in [0.29, 0.717) is 16.3 Å². The fourth-order valence-corrected chi connectivity index (χ4v) is 2.80. The molecule has 0 bridgehead atoms. The molecule has 1 heterocycles. The van der Waals surface area contributed by atoms with Crippen LogP contribution in [-0.4, -0.2) is 19.7 Å². The average molecular weight is 302 g/mol. The van der Waals surface area contributed by atoms with Gasteiger partial charge in [-0.05, 0) is 53.4 Å². The summed E-state index contributed by atoms with van der Waals surface area (Å²) in [4.78, 5) is 0. The molecule has 1 aromatic carbocycles. The molecule has 17 heavy (non-hydrogen) atoms. The van der Waals surface area contributed by atoms with Gasteiger partial charge in [0.1, 0.15) is 11.6 Å². The number of piperidine rings is 1. The van der Waals surface area contributed by atoms with E-state index in [1.54, 1.807) is 7.11 Å². The summed E-state index contributed by atoms with van der Waals surface area (Å²) < 4.78 is 19.5. The lowest BCUT2D eigenvalue weighted by molar-refractivity contribution is 0.390. The number of nitrogens with one attached hydrogen (secondary N) is 1. The van der Waals surface area contributed by atoms with Gasteiger partial charge in [0.15, 0.2) is 0 Å². The van der Waals surface area contributed by atoms with Crippen LogP contribution < -0.4 is 10.1 Å². The van der Waals surface area contributed by atoms with E-state index in [2.05, 4.69) is 21.2 Å². The normalized spacial score (nSPS) is 20.3. The van der Waals surface area contributed by atoms with Crippen LogP contribution in [0.25, 0.3) is 0 Å². The summed E-state index contributed by atoms with van der Waals surface area (Å²) in [5, 5.41) is 3.43. The Hall–Kier alpha value is -0.610. The first-order chi connectivity index (χ1) is 8.22. The Balaban J connectivity index is 2.12. The summed E-state index contributed by atoms with van der Waals surface area (Å²) in [6.07, 6.45) is 4.33. The third kappa shape index (κ3) is 2.99.